The van der Waals surface area contributed by atoms with Crippen molar-refractivity contribution in [2.75, 3.05) is 13.1 Å². The minimum atomic E-state index is -0.429. The minimum Gasteiger partial charge on any atom is -0.339 e. The Morgan fingerprint density at radius 3 is 2.67 bits per heavy atom. The van der Waals surface area contributed by atoms with Crippen molar-refractivity contribution in [3.8, 4) is 11.4 Å². The molecule has 0 aliphatic rings. The average molecular weight is 388 g/mol. The highest BCUT2D eigenvalue weighted by atomic mass is 35.5. The smallest absolute Gasteiger partial charge is 0.253 e. The summed E-state index contributed by atoms with van der Waals surface area (Å²) in [5, 5.41) is 4.61. The Labute approximate surface area is 161 Å². The van der Waals surface area contributed by atoms with Crippen molar-refractivity contribution in [3.05, 3.63) is 70.8 Å². The van der Waals surface area contributed by atoms with Crippen molar-refractivity contribution in [3.63, 3.8) is 0 Å². The first-order chi connectivity index (χ1) is 13.1. The number of rotatable bonds is 7. The number of nitrogens with zero attached hydrogens (tertiary/aromatic N) is 3. The first kappa shape index (κ1) is 19.0. The van der Waals surface area contributed by atoms with Gasteiger partial charge in [-0.05, 0) is 48.9 Å². The summed E-state index contributed by atoms with van der Waals surface area (Å²) < 4.78 is 18.7. The Balaban J connectivity index is 1.67. The fraction of sp³-hybridized carbons (Fsp3) is 0.250. The van der Waals surface area contributed by atoms with Crippen molar-refractivity contribution in [2.24, 2.45) is 0 Å². The van der Waals surface area contributed by atoms with Gasteiger partial charge in [-0.3, -0.25) is 4.79 Å². The van der Waals surface area contributed by atoms with E-state index in [1.165, 1.54) is 18.2 Å². The van der Waals surface area contributed by atoms with E-state index in [4.69, 9.17) is 16.1 Å². The summed E-state index contributed by atoms with van der Waals surface area (Å²) in [4.78, 5) is 18.7. The third kappa shape index (κ3) is 4.92. The number of halogens is 2. The van der Waals surface area contributed by atoms with Gasteiger partial charge in [0.2, 0.25) is 11.7 Å². The van der Waals surface area contributed by atoms with Crippen LogP contribution >= 0.6 is 11.6 Å². The van der Waals surface area contributed by atoms with Gasteiger partial charge < -0.3 is 9.42 Å². The Morgan fingerprint density at radius 1 is 1.19 bits per heavy atom. The van der Waals surface area contributed by atoms with Crippen molar-refractivity contribution >= 4 is 17.5 Å². The molecule has 0 unspecified atom stereocenters. The maximum atomic E-state index is 13.4. The summed E-state index contributed by atoms with van der Waals surface area (Å²) in [5.74, 6) is 0.267. The molecule has 0 saturated heterocycles. The molecule has 3 rings (SSSR count). The highest BCUT2D eigenvalue weighted by Crippen LogP contribution is 2.19. The third-order valence-corrected chi connectivity index (χ3v) is 4.27. The molecule has 27 heavy (non-hydrogen) atoms. The molecule has 5 nitrogen and oxygen atoms in total. The number of hydrogen-bond acceptors (Lipinski definition) is 4. The van der Waals surface area contributed by atoms with Crippen LogP contribution in [0.1, 0.15) is 29.6 Å². The highest BCUT2D eigenvalue weighted by molar-refractivity contribution is 6.30. The highest BCUT2D eigenvalue weighted by Gasteiger charge is 2.17. The zero-order valence-electron chi connectivity index (χ0n) is 14.9. The number of benzene rings is 2. The van der Waals surface area contributed by atoms with E-state index in [-0.39, 0.29) is 5.91 Å². The molecular formula is C20H19ClFN3O2. The van der Waals surface area contributed by atoms with Crippen LogP contribution in [0.4, 0.5) is 4.39 Å². The maximum Gasteiger partial charge on any atom is 0.253 e. The predicted octanol–water partition coefficient (Wildman–Crippen LogP) is 4.62. The standard InChI is InChI=1S/C20H19ClFN3O2/c1-2-11-25(20(26)15-4-3-5-17(22)13-15)12-10-18-23-19(24-27-18)14-6-8-16(21)9-7-14/h3-9,13H,2,10-12H2,1H3. The van der Waals surface area contributed by atoms with Gasteiger partial charge in [0.25, 0.3) is 5.91 Å². The third-order valence-electron chi connectivity index (χ3n) is 4.02. The number of amides is 1. The van der Waals surface area contributed by atoms with Crippen LogP contribution in [-0.4, -0.2) is 34.0 Å². The van der Waals surface area contributed by atoms with Gasteiger partial charge in [0.05, 0.1) is 0 Å². The lowest BCUT2D eigenvalue weighted by Crippen LogP contribution is -2.33. The molecule has 1 heterocycles. The minimum absolute atomic E-state index is 0.214. The summed E-state index contributed by atoms with van der Waals surface area (Å²) in [6.45, 7) is 2.95. The molecule has 0 atom stereocenters. The molecule has 3 aromatic rings. The first-order valence-corrected chi connectivity index (χ1v) is 9.08. The topological polar surface area (TPSA) is 59.2 Å². The second kappa shape index (κ2) is 8.77. The fourth-order valence-electron chi connectivity index (χ4n) is 2.69. The SMILES string of the molecule is CCCN(CCc1nc(-c2ccc(Cl)cc2)no1)C(=O)c1cccc(F)c1. The molecule has 0 saturated carbocycles. The molecule has 7 heteroatoms. The number of aromatic nitrogens is 2. The summed E-state index contributed by atoms with van der Waals surface area (Å²) in [7, 11) is 0. The second-order valence-electron chi connectivity index (χ2n) is 6.07. The van der Waals surface area contributed by atoms with Gasteiger partial charge in [-0.15, -0.1) is 0 Å². The summed E-state index contributed by atoms with van der Waals surface area (Å²) in [5.41, 5.74) is 1.13. The lowest BCUT2D eigenvalue weighted by Gasteiger charge is -2.21. The van der Waals surface area contributed by atoms with E-state index < -0.39 is 5.82 Å². The zero-order valence-corrected chi connectivity index (χ0v) is 15.6. The Bertz CT molecular complexity index is 912. The summed E-state index contributed by atoms with van der Waals surface area (Å²) >= 11 is 5.88. The van der Waals surface area contributed by atoms with E-state index in [9.17, 15) is 9.18 Å². The van der Waals surface area contributed by atoms with Crippen molar-refractivity contribution in [1.29, 1.82) is 0 Å². The molecule has 1 amide bonds. The first-order valence-electron chi connectivity index (χ1n) is 8.70. The quantitative estimate of drug-likeness (QED) is 0.593. The van der Waals surface area contributed by atoms with Crippen LogP contribution < -0.4 is 0 Å². The normalized spacial score (nSPS) is 10.8. The van der Waals surface area contributed by atoms with Crippen LogP contribution in [0.25, 0.3) is 11.4 Å². The van der Waals surface area contributed by atoms with Gasteiger partial charge in [-0.25, -0.2) is 4.39 Å². The van der Waals surface area contributed by atoms with Crippen LogP contribution in [0.3, 0.4) is 0 Å². The van der Waals surface area contributed by atoms with Gasteiger partial charge in [0.15, 0.2) is 0 Å². The van der Waals surface area contributed by atoms with Gasteiger partial charge in [0, 0.05) is 35.7 Å². The van der Waals surface area contributed by atoms with Gasteiger partial charge in [-0.1, -0.05) is 29.7 Å². The van der Waals surface area contributed by atoms with Gasteiger partial charge >= 0.3 is 0 Å². The maximum absolute atomic E-state index is 13.4. The lowest BCUT2D eigenvalue weighted by molar-refractivity contribution is 0.0753. The van der Waals surface area contributed by atoms with Crippen molar-refractivity contribution in [1.82, 2.24) is 15.0 Å². The lowest BCUT2D eigenvalue weighted by atomic mass is 10.2. The molecule has 0 fully saturated rings. The number of carbonyl (C=O) groups excluding carboxylic acids is 1. The Morgan fingerprint density at radius 2 is 1.96 bits per heavy atom. The van der Waals surface area contributed by atoms with E-state index >= 15 is 0 Å². The number of carbonyl (C=O) groups is 1. The van der Waals surface area contributed by atoms with Gasteiger partial charge in [0.1, 0.15) is 5.82 Å². The molecule has 0 aliphatic carbocycles. The van der Waals surface area contributed by atoms with Crippen LogP contribution in [0.15, 0.2) is 53.1 Å². The van der Waals surface area contributed by atoms with Crippen LogP contribution in [0.2, 0.25) is 5.02 Å². The fourth-order valence-corrected chi connectivity index (χ4v) is 2.82. The molecule has 0 spiro atoms. The molecule has 0 bridgehead atoms. The van der Waals surface area contributed by atoms with E-state index in [0.717, 1.165) is 12.0 Å². The molecule has 1 aromatic heterocycles. The second-order valence-corrected chi connectivity index (χ2v) is 6.51. The van der Waals surface area contributed by atoms with E-state index in [1.54, 1.807) is 23.1 Å². The molecule has 0 radical (unpaired) electrons. The van der Waals surface area contributed by atoms with Crippen molar-refractivity contribution < 1.29 is 13.7 Å². The molecule has 2 aromatic carbocycles. The molecular weight excluding hydrogens is 369 g/mol. The molecule has 140 valence electrons. The largest absolute Gasteiger partial charge is 0.339 e. The van der Waals surface area contributed by atoms with E-state index in [0.29, 0.717) is 41.8 Å². The number of hydrogen-bond donors (Lipinski definition) is 0. The zero-order chi connectivity index (χ0) is 19.2. The van der Waals surface area contributed by atoms with E-state index in [1.807, 2.05) is 19.1 Å². The van der Waals surface area contributed by atoms with Crippen molar-refractivity contribution in [2.45, 2.75) is 19.8 Å². The molecule has 0 aliphatic heterocycles. The van der Waals surface area contributed by atoms with E-state index in [2.05, 4.69) is 10.1 Å². The predicted molar refractivity (Wildman–Crippen MR) is 101 cm³/mol. The Kier molecular flexibility index (Phi) is 6.19. The van der Waals surface area contributed by atoms with Crippen LogP contribution in [0, 0.1) is 5.82 Å². The summed E-state index contributed by atoms with van der Waals surface area (Å²) in [6, 6.07) is 12.8. The summed E-state index contributed by atoms with van der Waals surface area (Å²) in [6.07, 6.45) is 1.21. The van der Waals surface area contributed by atoms with Gasteiger partial charge in [-0.2, -0.15) is 4.98 Å². The van der Waals surface area contributed by atoms with Crippen LogP contribution in [-0.2, 0) is 6.42 Å². The monoisotopic (exact) mass is 387 g/mol. The molecule has 0 N–H and O–H groups in total. The average Bonchev–Trinajstić information content (AvgIpc) is 3.14. The Hall–Kier alpha value is -2.73. The van der Waals surface area contributed by atoms with Crippen LogP contribution in [0.5, 0.6) is 0 Å².